The number of nitrogens with two attached hydrogens (primary N) is 1. The van der Waals surface area contributed by atoms with E-state index in [1.807, 2.05) is 50.4 Å². The maximum Gasteiger partial charge on any atom is 0.256 e. The fraction of sp³-hybridized carbons (Fsp3) is 0.158. The first-order chi connectivity index (χ1) is 13.0. The molecule has 0 aliphatic carbocycles. The Morgan fingerprint density at radius 2 is 2.04 bits per heavy atom. The molecule has 3 heterocycles. The Morgan fingerprint density at radius 3 is 2.81 bits per heavy atom. The minimum atomic E-state index is 0.414. The monoisotopic (exact) mass is 379 g/mol. The second kappa shape index (κ2) is 6.85. The summed E-state index contributed by atoms with van der Waals surface area (Å²) in [6.45, 7) is 3.90. The summed E-state index contributed by atoms with van der Waals surface area (Å²) in [6, 6.07) is 9.51. The van der Waals surface area contributed by atoms with E-state index in [2.05, 4.69) is 25.4 Å². The molecule has 27 heavy (non-hydrogen) atoms. The highest BCUT2D eigenvalue weighted by Crippen LogP contribution is 2.25. The lowest BCUT2D eigenvalue weighted by Gasteiger charge is -2.09. The lowest BCUT2D eigenvalue weighted by Crippen LogP contribution is -2.09. The zero-order valence-electron chi connectivity index (χ0n) is 14.9. The van der Waals surface area contributed by atoms with Gasteiger partial charge in [-0.25, -0.2) is 4.98 Å². The summed E-state index contributed by atoms with van der Waals surface area (Å²) in [7, 11) is 0. The molecule has 4 aromatic rings. The summed E-state index contributed by atoms with van der Waals surface area (Å²) >= 11 is 6.08. The quantitative estimate of drug-likeness (QED) is 0.561. The predicted molar refractivity (Wildman–Crippen MR) is 106 cm³/mol. The van der Waals surface area contributed by atoms with Gasteiger partial charge in [0.2, 0.25) is 5.95 Å². The third-order valence-corrected chi connectivity index (χ3v) is 4.62. The first kappa shape index (κ1) is 17.2. The SMILES string of the molecule is Cc1ccc(Cl)cc1Nc1nc2nc(C)c(Cc3cccnc3)c(N)n2n1. The number of halogens is 1. The molecule has 0 aliphatic heterocycles. The van der Waals surface area contributed by atoms with Crippen LogP contribution in [0, 0.1) is 13.8 Å². The highest BCUT2D eigenvalue weighted by Gasteiger charge is 2.15. The second-order valence-corrected chi connectivity index (χ2v) is 6.77. The molecule has 0 saturated heterocycles. The summed E-state index contributed by atoms with van der Waals surface area (Å²) in [4.78, 5) is 13.2. The van der Waals surface area contributed by atoms with Crippen molar-refractivity contribution in [2.75, 3.05) is 11.1 Å². The van der Waals surface area contributed by atoms with Crippen LogP contribution in [0.2, 0.25) is 5.02 Å². The Hall–Kier alpha value is -3.19. The van der Waals surface area contributed by atoms with Gasteiger partial charge in [-0.1, -0.05) is 23.7 Å². The Bertz CT molecular complexity index is 1120. The van der Waals surface area contributed by atoms with Gasteiger partial charge in [-0.3, -0.25) is 4.98 Å². The number of benzene rings is 1. The minimum Gasteiger partial charge on any atom is -0.383 e. The molecule has 136 valence electrons. The van der Waals surface area contributed by atoms with Gasteiger partial charge in [0, 0.05) is 40.8 Å². The number of rotatable bonds is 4. The van der Waals surface area contributed by atoms with E-state index in [1.165, 1.54) is 0 Å². The molecule has 3 aromatic heterocycles. The molecule has 0 fully saturated rings. The molecular weight excluding hydrogens is 362 g/mol. The number of hydrogen-bond donors (Lipinski definition) is 2. The first-order valence-corrected chi connectivity index (χ1v) is 8.83. The summed E-state index contributed by atoms with van der Waals surface area (Å²) in [5.41, 5.74) is 11.0. The fourth-order valence-electron chi connectivity index (χ4n) is 2.90. The van der Waals surface area contributed by atoms with Crippen LogP contribution in [-0.4, -0.2) is 24.6 Å². The summed E-state index contributed by atoms with van der Waals surface area (Å²) in [6.07, 6.45) is 4.19. The Morgan fingerprint density at radius 1 is 1.19 bits per heavy atom. The zero-order chi connectivity index (χ0) is 19.0. The van der Waals surface area contributed by atoms with E-state index < -0.39 is 0 Å². The van der Waals surface area contributed by atoms with E-state index in [-0.39, 0.29) is 0 Å². The average Bonchev–Trinajstić information content (AvgIpc) is 3.05. The molecule has 0 radical (unpaired) electrons. The molecule has 7 nitrogen and oxygen atoms in total. The molecule has 0 atom stereocenters. The summed E-state index contributed by atoms with van der Waals surface area (Å²) in [5, 5.41) is 8.29. The number of anilines is 3. The van der Waals surface area contributed by atoms with Gasteiger partial charge in [-0.05, 0) is 43.2 Å². The normalized spacial score (nSPS) is 11.1. The molecule has 0 bridgehead atoms. The van der Waals surface area contributed by atoms with Crippen LogP contribution in [0.3, 0.4) is 0 Å². The molecule has 0 saturated carbocycles. The van der Waals surface area contributed by atoms with Crippen molar-refractivity contribution in [3.63, 3.8) is 0 Å². The van der Waals surface area contributed by atoms with E-state index in [4.69, 9.17) is 17.3 Å². The van der Waals surface area contributed by atoms with E-state index in [9.17, 15) is 0 Å². The Kier molecular flexibility index (Phi) is 4.37. The van der Waals surface area contributed by atoms with Crippen molar-refractivity contribution in [1.29, 1.82) is 0 Å². The van der Waals surface area contributed by atoms with E-state index in [0.29, 0.717) is 29.0 Å². The number of hydrogen-bond acceptors (Lipinski definition) is 6. The van der Waals surface area contributed by atoms with Gasteiger partial charge in [0.1, 0.15) is 5.82 Å². The van der Waals surface area contributed by atoms with Crippen molar-refractivity contribution in [1.82, 2.24) is 24.6 Å². The number of nitrogens with zero attached hydrogens (tertiary/aromatic N) is 5. The number of nitrogens with one attached hydrogen (secondary N) is 1. The van der Waals surface area contributed by atoms with E-state index in [0.717, 1.165) is 28.1 Å². The lowest BCUT2D eigenvalue weighted by atomic mass is 10.1. The number of aryl methyl sites for hydroxylation is 2. The van der Waals surface area contributed by atoms with Crippen molar-refractivity contribution in [2.45, 2.75) is 20.3 Å². The predicted octanol–water partition coefficient (Wildman–Crippen LogP) is 3.71. The summed E-state index contributed by atoms with van der Waals surface area (Å²) < 4.78 is 1.56. The average molecular weight is 380 g/mol. The van der Waals surface area contributed by atoms with Crippen LogP contribution in [-0.2, 0) is 6.42 Å². The van der Waals surface area contributed by atoms with Crippen molar-refractivity contribution in [2.24, 2.45) is 0 Å². The van der Waals surface area contributed by atoms with Crippen molar-refractivity contribution in [3.05, 3.63) is 70.1 Å². The van der Waals surface area contributed by atoms with Crippen molar-refractivity contribution in [3.8, 4) is 0 Å². The van der Waals surface area contributed by atoms with Crippen molar-refractivity contribution >= 4 is 34.8 Å². The Labute approximate surface area is 161 Å². The minimum absolute atomic E-state index is 0.414. The highest BCUT2D eigenvalue weighted by atomic mass is 35.5. The third kappa shape index (κ3) is 3.41. The van der Waals surface area contributed by atoms with Gasteiger partial charge in [0.25, 0.3) is 5.78 Å². The van der Waals surface area contributed by atoms with Crippen LogP contribution in [0.4, 0.5) is 17.5 Å². The van der Waals surface area contributed by atoms with E-state index in [1.54, 1.807) is 10.7 Å². The number of pyridine rings is 1. The van der Waals surface area contributed by atoms with Crippen LogP contribution in [0.15, 0.2) is 42.7 Å². The highest BCUT2D eigenvalue weighted by molar-refractivity contribution is 6.30. The first-order valence-electron chi connectivity index (χ1n) is 8.45. The van der Waals surface area contributed by atoms with Gasteiger partial charge in [-0.2, -0.15) is 9.50 Å². The number of fused-ring (bicyclic) bond motifs is 1. The molecule has 0 unspecified atom stereocenters. The van der Waals surface area contributed by atoms with Gasteiger partial charge in [-0.15, -0.1) is 5.10 Å². The number of nitrogen functional groups attached to an aromatic ring is 1. The van der Waals surface area contributed by atoms with Gasteiger partial charge < -0.3 is 11.1 Å². The van der Waals surface area contributed by atoms with Crippen LogP contribution in [0.25, 0.3) is 5.78 Å². The smallest absolute Gasteiger partial charge is 0.256 e. The van der Waals surface area contributed by atoms with Crippen LogP contribution < -0.4 is 11.1 Å². The standard InChI is InChI=1S/C19H18ClN7/c1-11-5-6-14(20)9-16(11)24-18-25-19-23-12(2)15(17(21)27(19)26-18)8-13-4-3-7-22-10-13/h3-7,9-10H,8,21H2,1-2H3,(H,24,26). The van der Waals surface area contributed by atoms with Crippen LogP contribution in [0.5, 0.6) is 0 Å². The topological polar surface area (TPSA) is 94.0 Å². The van der Waals surface area contributed by atoms with Crippen LogP contribution >= 0.6 is 11.6 Å². The molecule has 0 aliphatic rings. The fourth-order valence-corrected chi connectivity index (χ4v) is 3.07. The molecule has 8 heteroatoms. The molecule has 3 N–H and O–H groups in total. The van der Waals surface area contributed by atoms with Crippen LogP contribution in [0.1, 0.15) is 22.4 Å². The van der Waals surface area contributed by atoms with Gasteiger partial charge >= 0.3 is 0 Å². The summed E-state index contributed by atoms with van der Waals surface area (Å²) in [5.74, 6) is 1.38. The van der Waals surface area contributed by atoms with E-state index >= 15 is 0 Å². The largest absolute Gasteiger partial charge is 0.383 e. The lowest BCUT2D eigenvalue weighted by molar-refractivity contribution is 0.916. The molecule has 0 amide bonds. The third-order valence-electron chi connectivity index (χ3n) is 4.38. The molecule has 4 rings (SSSR count). The molecule has 0 spiro atoms. The molecule has 1 aromatic carbocycles. The Balaban J connectivity index is 1.72. The maximum absolute atomic E-state index is 6.38. The maximum atomic E-state index is 6.38. The zero-order valence-corrected chi connectivity index (χ0v) is 15.7. The van der Waals surface area contributed by atoms with Crippen molar-refractivity contribution < 1.29 is 0 Å². The van der Waals surface area contributed by atoms with Gasteiger partial charge in [0.15, 0.2) is 0 Å². The second-order valence-electron chi connectivity index (χ2n) is 6.33. The molecular formula is C19H18ClN7. The number of aromatic nitrogens is 5. The van der Waals surface area contributed by atoms with Gasteiger partial charge in [0.05, 0.1) is 0 Å².